The number of hydrogen-bond donors (Lipinski definition) is 1. The first-order valence-corrected chi connectivity index (χ1v) is 6.35. The van der Waals surface area contributed by atoms with Crippen LogP contribution in [0.25, 0.3) is 0 Å². The van der Waals surface area contributed by atoms with Gasteiger partial charge in [0, 0.05) is 5.56 Å². The van der Waals surface area contributed by atoms with E-state index in [0.29, 0.717) is 5.02 Å². The molecule has 92 valence electrons. The maximum absolute atomic E-state index is 9.57. The molecule has 1 aliphatic heterocycles. The fraction of sp³-hybridized carbons (Fsp3) is 0.200. The summed E-state index contributed by atoms with van der Waals surface area (Å²) in [5.41, 5.74) is 2.08. The van der Waals surface area contributed by atoms with Crippen molar-refractivity contribution >= 4 is 11.6 Å². The Hall–Kier alpha value is -1.67. The molecule has 3 heteroatoms. The second kappa shape index (κ2) is 4.54. The Kier molecular flexibility index (Phi) is 2.88. The summed E-state index contributed by atoms with van der Waals surface area (Å²) < 4.78 is 5.96. The minimum Gasteiger partial charge on any atom is -0.506 e. The van der Waals surface area contributed by atoms with Crippen LogP contribution in [0.5, 0.6) is 11.5 Å². The van der Waals surface area contributed by atoms with Crippen molar-refractivity contribution in [1.82, 2.24) is 0 Å². The monoisotopic (exact) mass is 260 g/mol. The van der Waals surface area contributed by atoms with Crippen LogP contribution in [-0.2, 0) is 6.42 Å². The van der Waals surface area contributed by atoms with Crippen molar-refractivity contribution in [3.8, 4) is 11.5 Å². The normalized spacial score (nSPS) is 17.9. The highest BCUT2D eigenvalue weighted by Gasteiger charge is 2.23. The molecule has 0 amide bonds. The topological polar surface area (TPSA) is 29.5 Å². The molecule has 0 radical (unpaired) electrons. The quantitative estimate of drug-likeness (QED) is 0.836. The van der Waals surface area contributed by atoms with Gasteiger partial charge in [0.05, 0.1) is 5.02 Å². The number of benzene rings is 2. The van der Waals surface area contributed by atoms with E-state index < -0.39 is 0 Å². The fourth-order valence-electron chi connectivity index (χ4n) is 2.32. The third-order valence-corrected chi connectivity index (χ3v) is 3.70. The van der Waals surface area contributed by atoms with Crippen molar-refractivity contribution in [2.24, 2.45) is 0 Å². The Labute approximate surface area is 111 Å². The molecule has 1 unspecified atom stereocenters. The van der Waals surface area contributed by atoms with Crippen LogP contribution in [0.3, 0.4) is 0 Å². The van der Waals surface area contributed by atoms with Gasteiger partial charge in [-0.2, -0.15) is 0 Å². The zero-order valence-electron chi connectivity index (χ0n) is 9.77. The summed E-state index contributed by atoms with van der Waals surface area (Å²) in [5.74, 6) is 0.898. The van der Waals surface area contributed by atoms with Crippen molar-refractivity contribution in [2.45, 2.75) is 18.9 Å². The molecule has 0 aromatic heterocycles. The molecule has 2 nitrogen and oxygen atoms in total. The number of halogens is 1. The summed E-state index contributed by atoms with van der Waals surface area (Å²) in [5, 5.41) is 9.99. The molecule has 2 aromatic rings. The van der Waals surface area contributed by atoms with Crippen LogP contribution in [0.15, 0.2) is 42.5 Å². The molecule has 0 bridgehead atoms. The lowest BCUT2D eigenvalue weighted by atomic mass is 9.97. The average molecular weight is 261 g/mol. The van der Waals surface area contributed by atoms with Crippen LogP contribution in [0.1, 0.15) is 23.7 Å². The zero-order chi connectivity index (χ0) is 12.5. The van der Waals surface area contributed by atoms with Crippen LogP contribution < -0.4 is 4.74 Å². The molecular weight excluding hydrogens is 248 g/mol. The number of rotatable bonds is 1. The van der Waals surface area contributed by atoms with Gasteiger partial charge in [-0.3, -0.25) is 0 Å². The molecule has 0 aliphatic carbocycles. The molecule has 0 saturated carbocycles. The number of phenolic OH excluding ortho intramolecular Hbond substituents is 1. The summed E-state index contributed by atoms with van der Waals surface area (Å²) in [6.07, 6.45) is 1.77. The summed E-state index contributed by atoms with van der Waals surface area (Å²) in [6.45, 7) is 0. The molecule has 1 heterocycles. The molecule has 1 atom stereocenters. The smallest absolute Gasteiger partial charge is 0.134 e. The number of fused-ring (bicyclic) bond motifs is 1. The third kappa shape index (κ3) is 1.93. The second-order valence-corrected chi connectivity index (χ2v) is 4.81. The summed E-state index contributed by atoms with van der Waals surface area (Å²) in [6, 6.07) is 13.5. The van der Waals surface area contributed by atoms with E-state index in [1.165, 1.54) is 5.56 Å². The predicted molar refractivity (Wildman–Crippen MR) is 71.2 cm³/mol. The van der Waals surface area contributed by atoms with E-state index >= 15 is 0 Å². The van der Waals surface area contributed by atoms with Crippen LogP contribution in [0.2, 0.25) is 5.02 Å². The lowest BCUT2D eigenvalue weighted by Gasteiger charge is -2.27. The van der Waals surface area contributed by atoms with E-state index in [-0.39, 0.29) is 11.9 Å². The standard InChI is InChI=1S/C15H13ClO2/c16-15-11-6-8-13(10-4-2-1-3-5-10)18-14(11)9-7-12(15)17/h1-5,7,9,13,17H,6,8H2. The summed E-state index contributed by atoms with van der Waals surface area (Å²) in [4.78, 5) is 0. The molecule has 3 rings (SSSR count). The van der Waals surface area contributed by atoms with Gasteiger partial charge in [-0.1, -0.05) is 41.9 Å². The van der Waals surface area contributed by atoms with Gasteiger partial charge < -0.3 is 9.84 Å². The molecule has 1 N–H and O–H groups in total. The molecule has 2 aromatic carbocycles. The van der Waals surface area contributed by atoms with Crippen molar-refractivity contribution in [2.75, 3.05) is 0 Å². The zero-order valence-corrected chi connectivity index (χ0v) is 10.5. The maximum Gasteiger partial charge on any atom is 0.134 e. The maximum atomic E-state index is 9.57. The van der Waals surface area contributed by atoms with Gasteiger partial charge in [0.1, 0.15) is 17.6 Å². The van der Waals surface area contributed by atoms with E-state index in [1.54, 1.807) is 12.1 Å². The molecule has 0 spiro atoms. The second-order valence-electron chi connectivity index (χ2n) is 4.43. The van der Waals surface area contributed by atoms with E-state index in [0.717, 1.165) is 24.2 Å². The van der Waals surface area contributed by atoms with Gasteiger partial charge in [0.15, 0.2) is 0 Å². The Morgan fingerprint density at radius 2 is 1.89 bits per heavy atom. The highest BCUT2D eigenvalue weighted by molar-refractivity contribution is 6.33. The van der Waals surface area contributed by atoms with Crippen LogP contribution >= 0.6 is 11.6 Å². The number of ether oxygens (including phenoxy) is 1. The largest absolute Gasteiger partial charge is 0.506 e. The first-order chi connectivity index (χ1) is 8.75. The first-order valence-electron chi connectivity index (χ1n) is 5.97. The van der Waals surface area contributed by atoms with Gasteiger partial charge in [0.2, 0.25) is 0 Å². The van der Waals surface area contributed by atoms with E-state index in [1.807, 2.05) is 18.2 Å². The Bertz CT molecular complexity index is 566. The highest BCUT2D eigenvalue weighted by atomic mass is 35.5. The minimum absolute atomic E-state index is 0.0688. The molecule has 0 fully saturated rings. The number of hydrogen-bond acceptors (Lipinski definition) is 2. The molecule has 18 heavy (non-hydrogen) atoms. The van der Waals surface area contributed by atoms with Crippen molar-refractivity contribution in [1.29, 1.82) is 0 Å². The van der Waals surface area contributed by atoms with Gasteiger partial charge in [-0.05, 0) is 30.5 Å². The van der Waals surface area contributed by atoms with Crippen molar-refractivity contribution in [3.05, 3.63) is 58.6 Å². The summed E-state index contributed by atoms with van der Waals surface area (Å²) >= 11 is 6.07. The van der Waals surface area contributed by atoms with Crippen molar-refractivity contribution in [3.63, 3.8) is 0 Å². The highest BCUT2D eigenvalue weighted by Crippen LogP contribution is 2.41. The predicted octanol–water partition coefficient (Wildman–Crippen LogP) is 4.11. The Morgan fingerprint density at radius 3 is 2.67 bits per heavy atom. The summed E-state index contributed by atoms with van der Waals surface area (Å²) in [7, 11) is 0. The van der Waals surface area contributed by atoms with Crippen molar-refractivity contribution < 1.29 is 9.84 Å². The van der Waals surface area contributed by atoms with Gasteiger partial charge in [0.25, 0.3) is 0 Å². The SMILES string of the molecule is Oc1ccc2c(c1Cl)CCC(c1ccccc1)O2. The van der Waals surface area contributed by atoms with Gasteiger partial charge in [-0.15, -0.1) is 0 Å². The van der Waals surface area contributed by atoms with E-state index in [4.69, 9.17) is 16.3 Å². The first kappa shape index (κ1) is 11.4. The number of phenols is 1. The van der Waals surface area contributed by atoms with Crippen LogP contribution in [-0.4, -0.2) is 5.11 Å². The van der Waals surface area contributed by atoms with Gasteiger partial charge >= 0.3 is 0 Å². The van der Waals surface area contributed by atoms with Crippen LogP contribution in [0, 0.1) is 0 Å². The van der Waals surface area contributed by atoms with E-state index in [9.17, 15) is 5.11 Å². The Balaban J connectivity index is 1.93. The lowest BCUT2D eigenvalue weighted by Crippen LogP contribution is -2.15. The average Bonchev–Trinajstić information content (AvgIpc) is 2.44. The number of aromatic hydroxyl groups is 1. The van der Waals surface area contributed by atoms with Crippen LogP contribution in [0.4, 0.5) is 0 Å². The lowest BCUT2D eigenvalue weighted by molar-refractivity contribution is 0.176. The molecule has 1 aliphatic rings. The van der Waals surface area contributed by atoms with E-state index in [2.05, 4.69) is 12.1 Å². The minimum atomic E-state index is 0.0688. The Morgan fingerprint density at radius 1 is 1.11 bits per heavy atom. The molecular formula is C15H13ClO2. The fourth-order valence-corrected chi connectivity index (χ4v) is 2.58. The third-order valence-electron chi connectivity index (χ3n) is 3.28. The molecule has 0 saturated heterocycles. The van der Waals surface area contributed by atoms with Gasteiger partial charge in [-0.25, -0.2) is 0 Å².